The largest absolute Gasteiger partial charge is 0.422 e. The first-order valence-corrected chi connectivity index (χ1v) is 35.7. The average Bonchev–Trinajstić information content (AvgIpc) is 0.765. The van der Waals surface area contributed by atoms with Gasteiger partial charge in [0.15, 0.2) is 23.7 Å². The van der Waals surface area contributed by atoms with E-state index in [1.54, 1.807) is 55.4 Å². The standard InChI is InChI=1S/4C20H26O4/c4*1-4-14-10-6-7-11-15(14)20(12-8-5-9-13-20)16-17(21)23-19(2,3)24-18(16)22/h4*6-7,10-11,16H,4-5,8-9,12-13H2,1-3H3. The van der Waals surface area contributed by atoms with Gasteiger partial charge in [0.25, 0.3) is 23.1 Å². The molecule has 12 rings (SSSR count). The van der Waals surface area contributed by atoms with Crippen molar-refractivity contribution in [3.05, 3.63) is 142 Å². The Kier molecular flexibility index (Phi) is 22.6. The molecule has 4 saturated heterocycles. The Morgan fingerprint density at radius 3 is 0.542 bits per heavy atom. The van der Waals surface area contributed by atoms with Gasteiger partial charge in [-0.3, -0.25) is 38.4 Å². The molecule has 4 aromatic rings. The fourth-order valence-electron chi connectivity index (χ4n) is 17.5. The molecule has 16 heteroatoms. The number of esters is 8. The molecule has 4 saturated carbocycles. The fraction of sp³-hybridized carbons (Fsp3) is 0.600. The molecule has 0 aromatic heterocycles. The van der Waals surface area contributed by atoms with Crippen molar-refractivity contribution in [3.63, 3.8) is 0 Å². The number of carbonyl (C=O) groups excluding carboxylic acids is 8. The lowest BCUT2D eigenvalue weighted by molar-refractivity contribution is -0.246. The molecule has 4 aromatic carbocycles. The number of hydrogen-bond acceptors (Lipinski definition) is 16. The lowest BCUT2D eigenvalue weighted by Crippen LogP contribution is -2.55. The second-order valence-corrected chi connectivity index (χ2v) is 29.6. The summed E-state index contributed by atoms with van der Waals surface area (Å²) in [6.45, 7) is 21.3. The molecule has 0 amide bonds. The zero-order valence-corrected chi connectivity index (χ0v) is 59.0. The van der Waals surface area contributed by atoms with Crippen molar-refractivity contribution in [1.82, 2.24) is 0 Å². The van der Waals surface area contributed by atoms with Gasteiger partial charge in [-0.1, -0.05) is 202 Å². The highest BCUT2D eigenvalue weighted by molar-refractivity contribution is 6.01. The summed E-state index contributed by atoms with van der Waals surface area (Å²) >= 11 is 0. The van der Waals surface area contributed by atoms with Crippen molar-refractivity contribution < 1.29 is 76.3 Å². The maximum atomic E-state index is 12.8. The summed E-state index contributed by atoms with van der Waals surface area (Å²) in [6.07, 6.45) is 22.7. The van der Waals surface area contributed by atoms with Gasteiger partial charge in [0, 0.05) is 77.0 Å². The fourth-order valence-corrected chi connectivity index (χ4v) is 17.5. The van der Waals surface area contributed by atoms with Gasteiger partial charge in [0.2, 0.25) is 0 Å². The first-order chi connectivity index (χ1) is 45.6. The Morgan fingerprint density at radius 2 is 0.396 bits per heavy atom. The molecule has 0 atom stereocenters. The molecule has 8 fully saturated rings. The molecule has 0 radical (unpaired) electrons. The first-order valence-electron chi connectivity index (χ1n) is 35.7. The van der Waals surface area contributed by atoms with Crippen molar-refractivity contribution in [1.29, 1.82) is 0 Å². The summed E-state index contributed by atoms with van der Waals surface area (Å²) in [6, 6.07) is 32.7. The van der Waals surface area contributed by atoms with Crippen LogP contribution in [0.1, 0.15) is 256 Å². The van der Waals surface area contributed by atoms with E-state index in [4.69, 9.17) is 37.9 Å². The molecule has 0 bridgehead atoms. The number of hydrogen-bond donors (Lipinski definition) is 0. The van der Waals surface area contributed by atoms with Crippen molar-refractivity contribution in [2.24, 2.45) is 23.7 Å². The Bertz CT molecular complexity index is 2940. The van der Waals surface area contributed by atoms with E-state index in [1.165, 1.54) is 22.3 Å². The second kappa shape index (κ2) is 29.8. The third-order valence-corrected chi connectivity index (χ3v) is 21.6. The average molecular weight is 1320 g/mol. The van der Waals surface area contributed by atoms with Gasteiger partial charge in [-0.2, -0.15) is 0 Å². The molecule has 4 aliphatic carbocycles. The number of carbonyl (C=O) groups is 8. The third-order valence-electron chi connectivity index (χ3n) is 21.6. The number of ether oxygens (including phenoxy) is 8. The van der Waals surface area contributed by atoms with E-state index < -0.39 is 116 Å². The summed E-state index contributed by atoms with van der Waals surface area (Å²) in [5.41, 5.74) is 7.24. The molecule has 520 valence electrons. The highest BCUT2D eigenvalue weighted by Gasteiger charge is 2.60. The van der Waals surface area contributed by atoms with Gasteiger partial charge >= 0.3 is 47.8 Å². The van der Waals surface area contributed by atoms with Crippen molar-refractivity contribution in [2.45, 2.75) is 282 Å². The van der Waals surface area contributed by atoms with Crippen LogP contribution in [0.25, 0.3) is 0 Å². The Morgan fingerprint density at radius 1 is 0.250 bits per heavy atom. The number of rotatable bonds is 12. The van der Waals surface area contributed by atoms with Crippen LogP contribution in [0, 0.1) is 23.7 Å². The van der Waals surface area contributed by atoms with Gasteiger partial charge in [-0.05, 0) is 122 Å². The topological polar surface area (TPSA) is 210 Å². The highest BCUT2D eigenvalue weighted by Crippen LogP contribution is 2.54. The summed E-state index contributed by atoms with van der Waals surface area (Å²) in [5, 5.41) is 0. The van der Waals surface area contributed by atoms with E-state index in [1.807, 2.05) is 48.5 Å². The van der Waals surface area contributed by atoms with Gasteiger partial charge in [0.1, 0.15) is 0 Å². The monoisotopic (exact) mass is 1320 g/mol. The molecule has 16 nitrogen and oxygen atoms in total. The van der Waals surface area contributed by atoms with Gasteiger partial charge in [-0.15, -0.1) is 0 Å². The van der Waals surface area contributed by atoms with Crippen LogP contribution in [-0.4, -0.2) is 70.9 Å². The van der Waals surface area contributed by atoms with Crippen molar-refractivity contribution >= 4 is 47.8 Å². The van der Waals surface area contributed by atoms with Gasteiger partial charge < -0.3 is 37.9 Å². The van der Waals surface area contributed by atoms with Crippen LogP contribution in [0.2, 0.25) is 0 Å². The zero-order valence-electron chi connectivity index (χ0n) is 59.0. The predicted molar refractivity (Wildman–Crippen MR) is 361 cm³/mol. The Labute approximate surface area is 568 Å². The van der Waals surface area contributed by atoms with Crippen molar-refractivity contribution in [2.75, 3.05) is 0 Å². The van der Waals surface area contributed by atoms with E-state index in [0.29, 0.717) is 0 Å². The van der Waals surface area contributed by atoms with E-state index in [9.17, 15) is 38.4 Å². The molecule has 8 aliphatic rings. The third kappa shape index (κ3) is 15.2. The minimum Gasteiger partial charge on any atom is -0.422 e. The lowest BCUT2D eigenvalue weighted by atomic mass is 9.60. The molecule has 4 heterocycles. The smallest absolute Gasteiger partial charge is 0.324 e. The first kappa shape index (κ1) is 72.9. The molecule has 0 spiro atoms. The normalized spacial score (nSPS) is 23.5. The second-order valence-electron chi connectivity index (χ2n) is 29.6. The maximum absolute atomic E-state index is 12.8. The van der Waals surface area contributed by atoms with Crippen LogP contribution in [0.5, 0.6) is 0 Å². The predicted octanol–water partition coefficient (Wildman–Crippen LogP) is 15.6. The van der Waals surface area contributed by atoms with Crippen LogP contribution < -0.4 is 0 Å². The van der Waals surface area contributed by atoms with Crippen LogP contribution >= 0.6 is 0 Å². The molecule has 96 heavy (non-hydrogen) atoms. The van der Waals surface area contributed by atoms with E-state index in [0.717, 1.165) is 176 Å². The number of cyclic esters (lactones) is 8. The SMILES string of the molecule is CCc1ccccc1C1(C2C(=O)OC(C)(C)OC2=O)CCCCC1.CCc1ccccc1C1(C2C(=O)OC(C)(C)OC2=O)CCCCC1.CCc1ccccc1C1(C2C(=O)OC(C)(C)OC2=O)CCCCC1.CCc1ccccc1C1(C2C(=O)OC(C)(C)OC2=O)CCCCC1. The van der Waals surface area contributed by atoms with Crippen LogP contribution in [-0.2, 0) is 124 Å². The molecular weight excluding hydrogens is 1220 g/mol. The molecule has 0 N–H and O–H groups in total. The molecule has 0 unspecified atom stereocenters. The maximum Gasteiger partial charge on any atom is 0.324 e. The zero-order chi connectivity index (χ0) is 69.5. The Balaban J connectivity index is 0.000000150. The number of benzene rings is 4. The summed E-state index contributed by atoms with van der Waals surface area (Å²) in [5.74, 6) is -11.7. The lowest BCUT2D eigenvalue weighted by Gasteiger charge is -2.46. The van der Waals surface area contributed by atoms with Crippen LogP contribution in [0.4, 0.5) is 0 Å². The molecular formula is C80H104O16. The number of aryl methyl sites for hydroxylation is 4. The van der Waals surface area contributed by atoms with Crippen molar-refractivity contribution in [3.8, 4) is 0 Å². The summed E-state index contributed by atoms with van der Waals surface area (Å²) in [4.78, 5) is 102. The quantitative estimate of drug-likeness (QED) is 0.0733. The highest BCUT2D eigenvalue weighted by atomic mass is 16.8. The van der Waals surface area contributed by atoms with E-state index in [2.05, 4.69) is 76.2 Å². The minimum atomic E-state index is -1.18. The van der Waals surface area contributed by atoms with Gasteiger partial charge in [0.05, 0.1) is 0 Å². The summed E-state index contributed by atoms with van der Waals surface area (Å²) < 4.78 is 43.6. The van der Waals surface area contributed by atoms with E-state index >= 15 is 0 Å². The van der Waals surface area contributed by atoms with Crippen LogP contribution in [0.3, 0.4) is 0 Å². The molecule has 4 aliphatic heterocycles. The Hall–Kier alpha value is -7.36. The minimum absolute atomic E-state index is 0.441. The van der Waals surface area contributed by atoms with Crippen LogP contribution in [0.15, 0.2) is 97.1 Å². The van der Waals surface area contributed by atoms with Gasteiger partial charge in [-0.25, -0.2) is 0 Å². The summed E-state index contributed by atoms with van der Waals surface area (Å²) in [7, 11) is 0. The van der Waals surface area contributed by atoms with E-state index in [-0.39, 0.29) is 0 Å².